The van der Waals surface area contributed by atoms with Gasteiger partial charge in [0.15, 0.2) is 0 Å². The van der Waals surface area contributed by atoms with Gasteiger partial charge in [0.25, 0.3) is 6.08 Å². The fourth-order valence-corrected chi connectivity index (χ4v) is 0.175. The van der Waals surface area contributed by atoms with Crippen LogP contribution in [-0.2, 0) is 0 Å². The average Bonchev–Trinajstić information content (AvgIpc) is 1.35. The van der Waals surface area contributed by atoms with Crippen molar-refractivity contribution in [1.82, 2.24) is 0 Å². The molecule has 0 aromatic carbocycles. The van der Waals surface area contributed by atoms with E-state index >= 15 is 0 Å². The molecular formula is C2H3F3Si. The minimum atomic E-state index is -2.05. The van der Waals surface area contributed by atoms with E-state index in [-0.39, 0.29) is 0 Å². The lowest BCUT2D eigenvalue weighted by atomic mass is 11.1. The molecule has 0 atom stereocenters. The van der Waals surface area contributed by atoms with E-state index in [0.717, 1.165) is 0 Å². The molecule has 0 radical (unpaired) electrons. The van der Waals surface area contributed by atoms with Crippen molar-refractivity contribution in [1.29, 1.82) is 0 Å². The van der Waals surface area contributed by atoms with Crippen LogP contribution in [0.25, 0.3) is 0 Å². The summed E-state index contributed by atoms with van der Waals surface area (Å²) in [6.07, 6.45) is -1.90. The summed E-state index contributed by atoms with van der Waals surface area (Å²) in [4.78, 5) is 0. The van der Waals surface area contributed by atoms with Gasteiger partial charge in [-0.25, -0.2) is 0 Å². The summed E-state index contributed by atoms with van der Waals surface area (Å²) in [5.41, 5.74) is 0.347. The van der Waals surface area contributed by atoms with Crippen molar-refractivity contribution in [3.63, 3.8) is 0 Å². The van der Waals surface area contributed by atoms with Gasteiger partial charge >= 0.3 is 0 Å². The Hall–Kier alpha value is -0.253. The molecule has 0 amide bonds. The fraction of sp³-hybridized carbons (Fsp3) is 0. The van der Waals surface area contributed by atoms with Crippen molar-refractivity contribution in [2.75, 3.05) is 0 Å². The smallest absolute Gasteiger partial charge is 0.264 e. The van der Waals surface area contributed by atoms with Gasteiger partial charge in [-0.3, -0.25) is 0 Å². The summed E-state index contributed by atoms with van der Waals surface area (Å²) in [6, 6.07) is 0. The van der Waals surface area contributed by atoms with E-state index in [9.17, 15) is 12.9 Å². The first-order chi connectivity index (χ1) is 2.77. The molecule has 0 nitrogen and oxygen atoms in total. The van der Waals surface area contributed by atoms with Gasteiger partial charge in [0.2, 0.25) is 9.85 Å². The average molecular weight is 112 g/mol. The van der Waals surface area contributed by atoms with E-state index in [0.29, 0.717) is 5.70 Å². The standard InChI is InChI=1S/C2H3F3Si/c3-2(4)1-6-5/h1H,6H2. The van der Waals surface area contributed by atoms with Crippen LogP contribution >= 0.6 is 0 Å². The first-order valence-electron chi connectivity index (χ1n) is 1.34. The topological polar surface area (TPSA) is 0 Å². The molecule has 0 aliphatic carbocycles. The molecule has 36 valence electrons. The largest absolute Gasteiger partial charge is 0.317 e. The fourth-order valence-electron chi connectivity index (χ4n) is 0.0583. The zero-order valence-electron chi connectivity index (χ0n) is 2.92. The third-order valence-corrected chi connectivity index (χ3v) is 0.694. The Morgan fingerprint density at radius 1 is 1.50 bits per heavy atom. The second-order valence-corrected chi connectivity index (χ2v) is 1.36. The van der Waals surface area contributed by atoms with Crippen molar-refractivity contribution >= 4 is 9.85 Å². The molecule has 0 fully saturated rings. The lowest BCUT2D eigenvalue weighted by molar-refractivity contribution is 0.423. The van der Waals surface area contributed by atoms with E-state index in [4.69, 9.17) is 0 Å². The molecule has 0 rings (SSSR count). The number of halogens is 3. The maximum atomic E-state index is 10.8. The molecule has 0 unspecified atom stereocenters. The van der Waals surface area contributed by atoms with Crippen LogP contribution in [0.2, 0.25) is 0 Å². The Morgan fingerprint density at radius 3 is 2.00 bits per heavy atom. The van der Waals surface area contributed by atoms with Crippen molar-refractivity contribution in [2.24, 2.45) is 0 Å². The predicted octanol–water partition coefficient (Wildman–Crippen LogP) is 0.778. The minimum absolute atomic E-state index is 0.347. The van der Waals surface area contributed by atoms with Crippen LogP contribution in [0.3, 0.4) is 0 Å². The molecule has 0 aromatic rings. The highest BCUT2D eigenvalue weighted by Gasteiger charge is 1.82. The van der Waals surface area contributed by atoms with E-state index < -0.39 is 15.9 Å². The summed E-state index contributed by atoms with van der Waals surface area (Å²) >= 11 is 0. The van der Waals surface area contributed by atoms with Crippen LogP contribution in [-0.4, -0.2) is 9.85 Å². The molecule has 0 saturated heterocycles. The maximum absolute atomic E-state index is 10.8. The monoisotopic (exact) mass is 112 g/mol. The zero-order chi connectivity index (χ0) is 4.99. The summed E-state index contributed by atoms with van der Waals surface area (Å²) in [7, 11) is -2.05. The third kappa shape index (κ3) is 3.75. The van der Waals surface area contributed by atoms with E-state index in [1.54, 1.807) is 0 Å². The number of hydrogen-bond acceptors (Lipinski definition) is 0. The molecule has 6 heavy (non-hydrogen) atoms. The van der Waals surface area contributed by atoms with Crippen LogP contribution in [0.4, 0.5) is 12.9 Å². The number of rotatable bonds is 1. The van der Waals surface area contributed by atoms with Gasteiger partial charge in [-0.2, -0.15) is 8.78 Å². The van der Waals surface area contributed by atoms with E-state index in [1.165, 1.54) is 0 Å². The SMILES string of the molecule is F[SiH2]C=C(F)F. The molecule has 0 spiro atoms. The molecule has 0 bridgehead atoms. The first-order valence-corrected chi connectivity index (χ1v) is 2.69. The van der Waals surface area contributed by atoms with Crippen LogP contribution in [0.1, 0.15) is 0 Å². The minimum Gasteiger partial charge on any atom is -0.317 e. The second-order valence-electron chi connectivity index (χ2n) is 0.648. The second kappa shape index (κ2) is 2.96. The quantitative estimate of drug-likeness (QED) is 0.347. The van der Waals surface area contributed by atoms with Gasteiger partial charge in [0.1, 0.15) is 0 Å². The highest BCUT2D eigenvalue weighted by Crippen LogP contribution is 1.92. The summed E-state index contributed by atoms with van der Waals surface area (Å²) < 4.78 is 32.2. The molecule has 0 aromatic heterocycles. The van der Waals surface area contributed by atoms with Crippen LogP contribution < -0.4 is 0 Å². The number of hydrogen-bond donors (Lipinski definition) is 0. The highest BCUT2D eigenvalue weighted by atomic mass is 28.3. The lowest BCUT2D eigenvalue weighted by Crippen LogP contribution is -1.67. The summed E-state index contributed by atoms with van der Waals surface area (Å²) in [5, 5.41) is 0. The predicted molar refractivity (Wildman–Crippen MR) is 20.0 cm³/mol. The Bertz CT molecular complexity index is 55.8. The Morgan fingerprint density at radius 2 is 2.00 bits per heavy atom. The van der Waals surface area contributed by atoms with E-state index in [2.05, 4.69) is 0 Å². The van der Waals surface area contributed by atoms with Crippen LogP contribution in [0.15, 0.2) is 11.8 Å². The zero-order valence-corrected chi connectivity index (χ0v) is 4.33. The highest BCUT2D eigenvalue weighted by molar-refractivity contribution is 6.33. The van der Waals surface area contributed by atoms with Gasteiger partial charge < -0.3 is 4.11 Å². The molecular weight excluding hydrogens is 109 g/mol. The van der Waals surface area contributed by atoms with Gasteiger partial charge in [0.05, 0.1) is 0 Å². The van der Waals surface area contributed by atoms with Crippen LogP contribution in [0, 0.1) is 0 Å². The lowest BCUT2D eigenvalue weighted by Gasteiger charge is -1.67. The molecule has 4 heteroatoms. The normalized spacial score (nSPS) is 9.83. The van der Waals surface area contributed by atoms with Crippen LogP contribution in [0.5, 0.6) is 0 Å². The molecule has 0 aliphatic rings. The Labute approximate surface area is 35.7 Å². The summed E-state index contributed by atoms with van der Waals surface area (Å²) in [6.45, 7) is 0. The van der Waals surface area contributed by atoms with Crippen molar-refractivity contribution in [3.8, 4) is 0 Å². The Balaban J connectivity index is 3.14. The van der Waals surface area contributed by atoms with Crippen molar-refractivity contribution in [3.05, 3.63) is 11.8 Å². The third-order valence-electron chi connectivity index (χ3n) is 0.231. The maximum Gasteiger partial charge on any atom is 0.264 e. The Kier molecular flexibility index (Phi) is 2.83. The molecule has 0 saturated carbocycles. The molecule has 0 aliphatic heterocycles. The molecule has 0 heterocycles. The van der Waals surface area contributed by atoms with Gasteiger partial charge in [-0.05, 0) is 5.70 Å². The first kappa shape index (κ1) is 5.75. The van der Waals surface area contributed by atoms with Crippen molar-refractivity contribution in [2.45, 2.75) is 0 Å². The van der Waals surface area contributed by atoms with E-state index in [1.807, 2.05) is 0 Å². The van der Waals surface area contributed by atoms with Gasteiger partial charge in [-0.15, -0.1) is 0 Å². The molecule has 0 N–H and O–H groups in total. The van der Waals surface area contributed by atoms with Gasteiger partial charge in [-0.1, -0.05) is 0 Å². The van der Waals surface area contributed by atoms with Crippen molar-refractivity contribution < 1.29 is 12.9 Å². The van der Waals surface area contributed by atoms with Gasteiger partial charge in [0, 0.05) is 0 Å². The summed E-state index contributed by atoms with van der Waals surface area (Å²) in [5.74, 6) is 0.